The fourth-order valence-electron chi connectivity index (χ4n) is 3.83. The van der Waals surface area contributed by atoms with Crippen LogP contribution in [0.2, 0.25) is 0 Å². The van der Waals surface area contributed by atoms with Gasteiger partial charge in [0.05, 0.1) is 19.3 Å². The summed E-state index contributed by atoms with van der Waals surface area (Å²) in [6, 6.07) is 12.9. The molecular formula is C23H26N2O5. The average molecular weight is 410 g/mol. The van der Waals surface area contributed by atoms with Crippen molar-refractivity contribution < 1.29 is 23.8 Å². The molecule has 0 radical (unpaired) electrons. The Morgan fingerprint density at radius 3 is 2.70 bits per heavy atom. The smallest absolute Gasteiger partial charge is 0.251 e. The van der Waals surface area contributed by atoms with Crippen LogP contribution in [0.15, 0.2) is 42.5 Å². The monoisotopic (exact) mass is 410 g/mol. The minimum absolute atomic E-state index is 0.110. The second-order valence-corrected chi connectivity index (χ2v) is 7.59. The standard InChI is InChI=1S/C23H26N2O5/c1-15-6-3-4-7-17(15)21-22(30-14-20(26)25(21)2)23(27)24-13-16-8-9-18-19(12-16)29-11-5-10-28-18/h3-4,6-9,12,21-22H,5,10-11,13-14H2,1-2H3,(H,24,27)/t21-,22+/m1/s1. The van der Waals surface area contributed by atoms with Crippen LogP contribution in [0.3, 0.4) is 0 Å². The van der Waals surface area contributed by atoms with E-state index in [9.17, 15) is 9.59 Å². The van der Waals surface area contributed by atoms with Crippen molar-refractivity contribution in [2.75, 3.05) is 26.9 Å². The van der Waals surface area contributed by atoms with Gasteiger partial charge in [-0.15, -0.1) is 0 Å². The maximum Gasteiger partial charge on any atom is 0.251 e. The highest BCUT2D eigenvalue weighted by atomic mass is 16.5. The fraction of sp³-hybridized carbons (Fsp3) is 0.391. The maximum absolute atomic E-state index is 13.0. The first-order chi connectivity index (χ1) is 14.5. The average Bonchev–Trinajstić information content (AvgIpc) is 2.99. The first-order valence-electron chi connectivity index (χ1n) is 10.1. The number of ether oxygens (including phenoxy) is 3. The maximum atomic E-state index is 13.0. The minimum atomic E-state index is -0.783. The predicted octanol–water partition coefficient (Wildman–Crippen LogP) is 2.37. The van der Waals surface area contributed by atoms with Crippen molar-refractivity contribution >= 4 is 11.8 Å². The van der Waals surface area contributed by atoms with Gasteiger partial charge in [-0.05, 0) is 35.7 Å². The molecule has 0 spiro atoms. The normalized spacial score (nSPS) is 21.1. The van der Waals surface area contributed by atoms with Crippen LogP contribution < -0.4 is 14.8 Å². The highest BCUT2D eigenvalue weighted by Gasteiger charge is 2.40. The predicted molar refractivity (Wildman–Crippen MR) is 110 cm³/mol. The number of fused-ring (bicyclic) bond motifs is 1. The zero-order valence-corrected chi connectivity index (χ0v) is 17.2. The van der Waals surface area contributed by atoms with E-state index in [-0.39, 0.29) is 18.4 Å². The largest absolute Gasteiger partial charge is 0.490 e. The topological polar surface area (TPSA) is 77.1 Å². The number of benzene rings is 2. The number of carbonyl (C=O) groups excluding carboxylic acids is 2. The van der Waals surface area contributed by atoms with Gasteiger partial charge in [0.25, 0.3) is 5.91 Å². The quantitative estimate of drug-likeness (QED) is 0.838. The summed E-state index contributed by atoms with van der Waals surface area (Å²) >= 11 is 0. The number of rotatable bonds is 4. The van der Waals surface area contributed by atoms with E-state index in [1.54, 1.807) is 11.9 Å². The molecule has 2 aliphatic heterocycles. The molecule has 0 saturated carbocycles. The van der Waals surface area contributed by atoms with Gasteiger partial charge in [-0.1, -0.05) is 30.3 Å². The summed E-state index contributed by atoms with van der Waals surface area (Å²) < 4.78 is 17.1. The van der Waals surface area contributed by atoms with Crippen LogP contribution in [-0.2, 0) is 20.9 Å². The molecule has 2 amide bonds. The summed E-state index contributed by atoms with van der Waals surface area (Å²) in [5.74, 6) is 1.01. The number of nitrogens with zero attached hydrogens (tertiary/aromatic N) is 1. The van der Waals surface area contributed by atoms with Gasteiger partial charge in [-0.2, -0.15) is 0 Å². The van der Waals surface area contributed by atoms with E-state index in [0.717, 1.165) is 28.9 Å². The molecule has 1 fully saturated rings. The molecule has 7 heteroatoms. The van der Waals surface area contributed by atoms with Crippen molar-refractivity contribution in [2.45, 2.75) is 32.0 Å². The summed E-state index contributed by atoms with van der Waals surface area (Å²) in [6.45, 7) is 3.43. The molecule has 0 unspecified atom stereocenters. The van der Waals surface area contributed by atoms with E-state index in [4.69, 9.17) is 14.2 Å². The van der Waals surface area contributed by atoms with Crippen molar-refractivity contribution in [3.63, 3.8) is 0 Å². The first-order valence-corrected chi connectivity index (χ1v) is 10.1. The van der Waals surface area contributed by atoms with E-state index in [1.807, 2.05) is 49.4 Å². The molecular weight excluding hydrogens is 384 g/mol. The van der Waals surface area contributed by atoms with Crippen LogP contribution in [-0.4, -0.2) is 49.7 Å². The highest BCUT2D eigenvalue weighted by Crippen LogP contribution is 2.32. The Morgan fingerprint density at radius 2 is 1.90 bits per heavy atom. The van der Waals surface area contributed by atoms with Crippen LogP contribution in [0.4, 0.5) is 0 Å². The minimum Gasteiger partial charge on any atom is -0.490 e. The lowest BCUT2D eigenvalue weighted by atomic mass is 9.94. The third-order valence-electron chi connectivity index (χ3n) is 5.53. The summed E-state index contributed by atoms with van der Waals surface area (Å²) in [7, 11) is 1.71. The van der Waals surface area contributed by atoms with Crippen molar-refractivity contribution in [1.29, 1.82) is 0 Å². The first kappa shape index (κ1) is 20.2. The van der Waals surface area contributed by atoms with Crippen LogP contribution in [0, 0.1) is 6.92 Å². The molecule has 30 heavy (non-hydrogen) atoms. The molecule has 0 bridgehead atoms. The number of hydrogen-bond donors (Lipinski definition) is 1. The van der Waals surface area contributed by atoms with Crippen molar-refractivity contribution in [3.8, 4) is 11.5 Å². The van der Waals surface area contributed by atoms with Crippen LogP contribution in [0.25, 0.3) is 0 Å². The van der Waals surface area contributed by atoms with Gasteiger partial charge in [0.1, 0.15) is 6.61 Å². The van der Waals surface area contributed by atoms with Gasteiger partial charge >= 0.3 is 0 Å². The third kappa shape index (κ3) is 4.11. The number of nitrogens with one attached hydrogen (secondary N) is 1. The molecule has 2 aromatic rings. The molecule has 0 aliphatic carbocycles. The molecule has 1 saturated heterocycles. The Balaban J connectivity index is 1.49. The molecule has 2 aliphatic rings. The molecule has 158 valence electrons. The van der Waals surface area contributed by atoms with Gasteiger partial charge in [-0.3, -0.25) is 9.59 Å². The summed E-state index contributed by atoms with van der Waals surface area (Å²) in [5.41, 5.74) is 2.82. The molecule has 7 nitrogen and oxygen atoms in total. The third-order valence-corrected chi connectivity index (χ3v) is 5.53. The molecule has 2 heterocycles. The number of likely N-dealkylation sites (N-methyl/N-ethyl adjacent to an activating group) is 1. The number of carbonyl (C=O) groups is 2. The lowest BCUT2D eigenvalue weighted by Gasteiger charge is -2.38. The summed E-state index contributed by atoms with van der Waals surface area (Å²) in [6.07, 6.45) is 0.0564. The molecule has 4 rings (SSSR count). The Morgan fingerprint density at radius 1 is 1.13 bits per heavy atom. The second kappa shape index (κ2) is 8.75. The van der Waals surface area contributed by atoms with Gasteiger partial charge in [0.15, 0.2) is 17.6 Å². The van der Waals surface area contributed by atoms with Gasteiger partial charge < -0.3 is 24.4 Å². The fourth-order valence-corrected chi connectivity index (χ4v) is 3.83. The highest BCUT2D eigenvalue weighted by molar-refractivity contribution is 5.86. The van der Waals surface area contributed by atoms with E-state index in [1.165, 1.54) is 0 Å². The van der Waals surface area contributed by atoms with Crippen LogP contribution in [0.1, 0.15) is 29.2 Å². The van der Waals surface area contributed by atoms with E-state index >= 15 is 0 Å². The summed E-state index contributed by atoms with van der Waals surface area (Å²) in [5, 5.41) is 2.95. The van der Waals surface area contributed by atoms with Gasteiger partial charge in [0.2, 0.25) is 5.91 Å². The number of amides is 2. The number of aryl methyl sites for hydroxylation is 1. The Kier molecular flexibility index (Phi) is 5.90. The second-order valence-electron chi connectivity index (χ2n) is 7.59. The molecule has 1 N–H and O–H groups in total. The Hall–Kier alpha value is -3.06. The van der Waals surface area contributed by atoms with Gasteiger partial charge in [0, 0.05) is 20.0 Å². The Bertz CT molecular complexity index is 945. The van der Waals surface area contributed by atoms with E-state index < -0.39 is 12.1 Å². The van der Waals surface area contributed by atoms with Crippen molar-refractivity contribution in [2.24, 2.45) is 0 Å². The van der Waals surface area contributed by atoms with Crippen LogP contribution in [0.5, 0.6) is 11.5 Å². The lowest BCUT2D eigenvalue weighted by Crippen LogP contribution is -2.53. The SMILES string of the molecule is Cc1ccccc1[C@@H]1[C@@H](C(=O)NCc2ccc3c(c2)OCCCO3)OCC(=O)N1C. The molecule has 2 aromatic carbocycles. The van der Waals surface area contributed by atoms with Gasteiger partial charge in [-0.25, -0.2) is 0 Å². The molecule has 0 aromatic heterocycles. The van der Waals surface area contributed by atoms with Crippen LogP contribution >= 0.6 is 0 Å². The van der Waals surface area contributed by atoms with E-state index in [0.29, 0.717) is 25.5 Å². The van der Waals surface area contributed by atoms with E-state index in [2.05, 4.69) is 5.32 Å². The number of hydrogen-bond acceptors (Lipinski definition) is 5. The Labute approximate surface area is 175 Å². The zero-order chi connectivity index (χ0) is 21.1. The zero-order valence-electron chi connectivity index (χ0n) is 17.2. The lowest BCUT2D eigenvalue weighted by molar-refractivity contribution is -0.162. The summed E-state index contributed by atoms with van der Waals surface area (Å²) in [4.78, 5) is 26.9. The molecule has 2 atom stereocenters. The van der Waals surface area contributed by atoms with Crippen molar-refractivity contribution in [3.05, 3.63) is 59.2 Å². The number of morpholine rings is 1. The van der Waals surface area contributed by atoms with Crippen molar-refractivity contribution in [1.82, 2.24) is 10.2 Å².